The van der Waals surface area contributed by atoms with E-state index in [9.17, 15) is 0 Å². The van der Waals surface area contributed by atoms with Gasteiger partial charge in [-0.3, -0.25) is 9.88 Å². The molecule has 0 bridgehead atoms. The van der Waals surface area contributed by atoms with E-state index in [1.807, 2.05) is 30.6 Å². The third-order valence-corrected chi connectivity index (χ3v) is 2.93. The van der Waals surface area contributed by atoms with Gasteiger partial charge < -0.3 is 9.84 Å². The quantitative estimate of drug-likeness (QED) is 0.839. The molecule has 0 aliphatic rings. The van der Waals surface area contributed by atoms with Crippen LogP contribution in [-0.2, 0) is 19.6 Å². The van der Waals surface area contributed by atoms with E-state index in [-0.39, 0.29) is 0 Å². The van der Waals surface area contributed by atoms with E-state index in [1.54, 1.807) is 0 Å². The maximum Gasteiger partial charge on any atom is 0.151 e. The van der Waals surface area contributed by atoms with Crippen molar-refractivity contribution in [3.63, 3.8) is 0 Å². The third-order valence-electron chi connectivity index (χ3n) is 2.93. The van der Waals surface area contributed by atoms with Gasteiger partial charge in [-0.2, -0.15) is 0 Å². The molecule has 0 fully saturated rings. The van der Waals surface area contributed by atoms with Gasteiger partial charge in [0.1, 0.15) is 0 Å². The minimum atomic E-state index is 0.449. The minimum absolute atomic E-state index is 0.449. The first-order valence-electron chi connectivity index (χ1n) is 6.89. The number of rotatable bonds is 7. The third kappa shape index (κ3) is 4.75. The fourth-order valence-electron chi connectivity index (χ4n) is 1.94. The number of hydrogen-bond acceptors (Lipinski definition) is 5. The molecule has 1 N–H and O–H groups in total. The van der Waals surface area contributed by atoms with Crippen LogP contribution in [0.2, 0.25) is 0 Å². The van der Waals surface area contributed by atoms with Crippen molar-refractivity contribution in [2.24, 2.45) is 0 Å². The first-order chi connectivity index (χ1) is 9.63. The lowest BCUT2D eigenvalue weighted by atomic mass is 10.2. The van der Waals surface area contributed by atoms with Crippen molar-refractivity contribution >= 4 is 0 Å². The summed E-state index contributed by atoms with van der Waals surface area (Å²) in [5.41, 5.74) is 2.19. The first-order valence-corrected chi connectivity index (χ1v) is 6.89. The van der Waals surface area contributed by atoms with E-state index in [0.717, 1.165) is 31.1 Å². The van der Waals surface area contributed by atoms with Crippen LogP contribution in [0.15, 0.2) is 35.1 Å². The molecule has 0 aliphatic carbocycles. The molecule has 2 aromatic rings. The zero-order valence-corrected chi connectivity index (χ0v) is 12.3. The number of hydrogen-bond donors (Lipinski definition) is 1. The molecule has 0 amide bonds. The smallest absolute Gasteiger partial charge is 0.151 e. The second kappa shape index (κ2) is 7.17. The van der Waals surface area contributed by atoms with Crippen molar-refractivity contribution in [1.82, 2.24) is 20.4 Å². The Morgan fingerprint density at radius 2 is 2.00 bits per heavy atom. The SMILES string of the molecule is CC(C)NCc1cc(CN(C)Cc2ccncc2)on1. The number of aromatic nitrogens is 2. The Bertz CT molecular complexity index is 510. The maximum atomic E-state index is 5.36. The summed E-state index contributed by atoms with van der Waals surface area (Å²) in [5.74, 6) is 0.891. The predicted molar refractivity (Wildman–Crippen MR) is 77.9 cm³/mol. The van der Waals surface area contributed by atoms with Gasteiger partial charge in [-0.05, 0) is 24.7 Å². The second-order valence-corrected chi connectivity index (χ2v) is 5.35. The van der Waals surface area contributed by atoms with E-state index in [1.165, 1.54) is 5.56 Å². The Labute approximate surface area is 120 Å². The van der Waals surface area contributed by atoms with Crippen molar-refractivity contribution in [3.05, 3.63) is 47.6 Å². The van der Waals surface area contributed by atoms with Gasteiger partial charge in [-0.1, -0.05) is 19.0 Å². The largest absolute Gasteiger partial charge is 0.360 e. The van der Waals surface area contributed by atoms with Gasteiger partial charge in [0.25, 0.3) is 0 Å². The minimum Gasteiger partial charge on any atom is -0.360 e. The lowest BCUT2D eigenvalue weighted by Gasteiger charge is -2.14. The Hall–Kier alpha value is -1.72. The molecule has 0 unspecified atom stereocenters. The van der Waals surface area contributed by atoms with Crippen LogP contribution in [-0.4, -0.2) is 28.1 Å². The number of nitrogens with one attached hydrogen (secondary N) is 1. The summed E-state index contributed by atoms with van der Waals surface area (Å²) in [4.78, 5) is 6.21. The highest BCUT2D eigenvalue weighted by atomic mass is 16.5. The highest BCUT2D eigenvalue weighted by Gasteiger charge is 2.08. The molecular formula is C15H22N4O. The van der Waals surface area contributed by atoms with Crippen LogP contribution < -0.4 is 5.32 Å². The summed E-state index contributed by atoms with van der Waals surface area (Å²) in [6.45, 7) is 6.59. The van der Waals surface area contributed by atoms with Crippen LogP contribution in [0, 0.1) is 0 Å². The summed E-state index contributed by atoms with van der Waals surface area (Å²) in [7, 11) is 2.06. The van der Waals surface area contributed by atoms with Crippen LogP contribution in [0.25, 0.3) is 0 Å². The molecule has 2 aromatic heterocycles. The van der Waals surface area contributed by atoms with Crippen LogP contribution in [0.4, 0.5) is 0 Å². The second-order valence-electron chi connectivity index (χ2n) is 5.35. The normalized spacial score (nSPS) is 11.4. The lowest BCUT2D eigenvalue weighted by molar-refractivity contribution is 0.265. The van der Waals surface area contributed by atoms with Crippen LogP contribution in [0.5, 0.6) is 0 Å². The van der Waals surface area contributed by atoms with Crippen molar-refractivity contribution < 1.29 is 4.52 Å². The predicted octanol–water partition coefficient (Wildman–Crippen LogP) is 2.20. The Morgan fingerprint density at radius 3 is 2.70 bits per heavy atom. The number of pyridine rings is 1. The Kier molecular flexibility index (Phi) is 5.26. The van der Waals surface area contributed by atoms with Crippen molar-refractivity contribution in [1.29, 1.82) is 0 Å². The highest BCUT2D eigenvalue weighted by Crippen LogP contribution is 2.09. The molecule has 0 saturated heterocycles. The van der Waals surface area contributed by atoms with Crippen molar-refractivity contribution in [2.45, 2.75) is 39.5 Å². The average Bonchev–Trinajstić information content (AvgIpc) is 2.85. The standard InChI is InChI=1S/C15H22N4O/c1-12(2)17-9-14-8-15(20-18-14)11-19(3)10-13-4-6-16-7-5-13/h4-8,12,17H,9-11H2,1-3H3. The molecule has 2 heterocycles. The Balaban J connectivity index is 1.83. The zero-order valence-electron chi connectivity index (χ0n) is 12.3. The molecule has 0 saturated carbocycles. The van der Waals surface area contributed by atoms with Gasteiger partial charge in [0, 0.05) is 37.6 Å². The molecule has 0 radical (unpaired) electrons. The van der Waals surface area contributed by atoms with E-state index < -0.39 is 0 Å². The summed E-state index contributed by atoms with van der Waals surface area (Å²) < 4.78 is 5.36. The maximum absolute atomic E-state index is 5.36. The van der Waals surface area contributed by atoms with Gasteiger partial charge in [0.2, 0.25) is 0 Å². The van der Waals surface area contributed by atoms with Crippen molar-refractivity contribution in [3.8, 4) is 0 Å². The van der Waals surface area contributed by atoms with Gasteiger partial charge in [-0.25, -0.2) is 0 Å². The molecule has 20 heavy (non-hydrogen) atoms. The van der Waals surface area contributed by atoms with E-state index in [4.69, 9.17) is 4.52 Å². The molecule has 0 aliphatic heterocycles. The molecule has 108 valence electrons. The first kappa shape index (κ1) is 14.7. The zero-order chi connectivity index (χ0) is 14.4. The van der Waals surface area contributed by atoms with E-state index >= 15 is 0 Å². The fraction of sp³-hybridized carbons (Fsp3) is 0.467. The monoisotopic (exact) mass is 274 g/mol. The van der Waals surface area contributed by atoms with Gasteiger partial charge in [0.15, 0.2) is 5.76 Å². The summed E-state index contributed by atoms with van der Waals surface area (Å²) in [6, 6.07) is 6.51. The summed E-state index contributed by atoms with van der Waals surface area (Å²) >= 11 is 0. The topological polar surface area (TPSA) is 54.2 Å². The van der Waals surface area contributed by atoms with Crippen LogP contribution >= 0.6 is 0 Å². The molecule has 0 atom stereocenters. The fourth-order valence-corrected chi connectivity index (χ4v) is 1.94. The van der Waals surface area contributed by atoms with E-state index in [0.29, 0.717) is 6.04 Å². The summed E-state index contributed by atoms with van der Waals surface area (Å²) in [5, 5.41) is 7.40. The van der Waals surface area contributed by atoms with Crippen LogP contribution in [0.3, 0.4) is 0 Å². The summed E-state index contributed by atoms with van der Waals surface area (Å²) in [6.07, 6.45) is 3.63. The van der Waals surface area contributed by atoms with Gasteiger partial charge >= 0.3 is 0 Å². The van der Waals surface area contributed by atoms with E-state index in [2.05, 4.69) is 41.3 Å². The van der Waals surface area contributed by atoms with Crippen molar-refractivity contribution in [2.75, 3.05) is 7.05 Å². The number of nitrogens with zero attached hydrogens (tertiary/aromatic N) is 3. The molecule has 5 heteroatoms. The van der Waals surface area contributed by atoms with Gasteiger partial charge in [-0.15, -0.1) is 0 Å². The molecule has 5 nitrogen and oxygen atoms in total. The molecule has 0 aromatic carbocycles. The highest BCUT2D eigenvalue weighted by molar-refractivity contribution is 5.10. The van der Waals surface area contributed by atoms with Gasteiger partial charge in [0.05, 0.1) is 12.2 Å². The van der Waals surface area contributed by atoms with Crippen LogP contribution in [0.1, 0.15) is 30.9 Å². The molecule has 0 spiro atoms. The molecular weight excluding hydrogens is 252 g/mol. The molecule has 2 rings (SSSR count). The average molecular weight is 274 g/mol. The Morgan fingerprint density at radius 1 is 1.25 bits per heavy atom. The lowest BCUT2D eigenvalue weighted by Crippen LogP contribution is -2.21.